The van der Waals surface area contributed by atoms with E-state index in [2.05, 4.69) is 13.8 Å². The number of methoxy groups -OCH3 is 1. The van der Waals surface area contributed by atoms with Gasteiger partial charge in [-0.25, -0.2) is 14.2 Å². The maximum atomic E-state index is 13.6. The molecule has 1 aromatic carbocycles. The highest BCUT2D eigenvalue weighted by molar-refractivity contribution is 5.69. The Hall–Kier alpha value is -1.58. The number of halogens is 1. The summed E-state index contributed by atoms with van der Waals surface area (Å²) >= 11 is 0. The topological polar surface area (TPSA) is 72.5 Å². The van der Waals surface area contributed by atoms with E-state index in [0.29, 0.717) is 12.3 Å². The maximum absolute atomic E-state index is 13.6. The molecule has 0 N–H and O–H groups in total. The van der Waals surface area contributed by atoms with Crippen LogP contribution in [0.5, 0.6) is 0 Å². The summed E-state index contributed by atoms with van der Waals surface area (Å²) in [6, 6.07) is 6.17. The molecule has 4 unspecified atom stereocenters. The zero-order chi connectivity index (χ0) is 24.1. The van der Waals surface area contributed by atoms with Crippen molar-refractivity contribution in [3.05, 3.63) is 35.6 Å². The van der Waals surface area contributed by atoms with Gasteiger partial charge in [0.15, 0.2) is 18.2 Å². The molecule has 4 heterocycles. The van der Waals surface area contributed by atoms with E-state index in [1.165, 1.54) is 19.2 Å². The number of rotatable bonds is 6. The highest BCUT2D eigenvalue weighted by atomic mass is 19.1. The molecule has 4 aliphatic heterocycles. The van der Waals surface area contributed by atoms with Crippen LogP contribution in [-0.2, 0) is 33.5 Å². The fourth-order valence-electron chi connectivity index (χ4n) is 6.53. The van der Waals surface area contributed by atoms with Gasteiger partial charge < -0.3 is 18.9 Å². The molecule has 8 heteroatoms. The van der Waals surface area contributed by atoms with Crippen molar-refractivity contribution in [2.24, 2.45) is 23.7 Å². The number of ether oxygens (including phenoxy) is 4. The Morgan fingerprint density at radius 3 is 2.65 bits per heavy atom. The summed E-state index contributed by atoms with van der Waals surface area (Å²) in [7, 11) is 1.36. The predicted octanol–water partition coefficient (Wildman–Crippen LogP) is 5.04. The summed E-state index contributed by atoms with van der Waals surface area (Å²) in [4.78, 5) is 23.9. The zero-order valence-electron chi connectivity index (χ0n) is 20.3. The Balaban J connectivity index is 1.42. The van der Waals surface area contributed by atoms with Crippen LogP contribution in [0.15, 0.2) is 24.3 Å². The van der Waals surface area contributed by atoms with Gasteiger partial charge in [0.25, 0.3) is 0 Å². The van der Waals surface area contributed by atoms with Gasteiger partial charge in [0, 0.05) is 24.7 Å². The first-order valence-electron chi connectivity index (χ1n) is 12.4. The number of hydrogen-bond acceptors (Lipinski definition) is 7. The Morgan fingerprint density at radius 2 is 1.91 bits per heavy atom. The Bertz CT molecular complexity index is 894. The summed E-state index contributed by atoms with van der Waals surface area (Å²) in [5.74, 6) is -0.613. The van der Waals surface area contributed by atoms with Crippen molar-refractivity contribution in [2.75, 3.05) is 7.11 Å². The second-order valence-electron chi connectivity index (χ2n) is 10.6. The molecular weight excluding hydrogens is 443 g/mol. The van der Waals surface area contributed by atoms with E-state index in [-0.39, 0.29) is 36.0 Å². The van der Waals surface area contributed by atoms with E-state index in [9.17, 15) is 9.18 Å². The first-order valence-corrected chi connectivity index (χ1v) is 12.4. The van der Waals surface area contributed by atoms with E-state index in [4.69, 9.17) is 28.7 Å². The zero-order valence-corrected chi connectivity index (χ0v) is 20.3. The van der Waals surface area contributed by atoms with Crippen LogP contribution in [0.2, 0.25) is 0 Å². The average molecular weight is 479 g/mol. The number of esters is 1. The largest absolute Gasteiger partial charge is 0.469 e. The van der Waals surface area contributed by atoms with Crippen LogP contribution >= 0.6 is 0 Å². The first kappa shape index (κ1) is 24.1. The van der Waals surface area contributed by atoms with Crippen LogP contribution in [0, 0.1) is 29.5 Å². The molecule has 4 saturated heterocycles. The Morgan fingerprint density at radius 1 is 1.15 bits per heavy atom. The molecule has 1 aromatic rings. The summed E-state index contributed by atoms with van der Waals surface area (Å²) in [5.41, 5.74) is 0.121. The number of carbonyl (C=O) groups excluding carboxylic acids is 1. The van der Waals surface area contributed by atoms with E-state index >= 15 is 0 Å². The minimum atomic E-state index is -0.857. The minimum absolute atomic E-state index is 0.00183. The highest BCUT2D eigenvalue weighted by Gasteiger charge is 2.69. The van der Waals surface area contributed by atoms with Crippen LogP contribution in [0.1, 0.15) is 71.0 Å². The molecule has 1 saturated carbocycles. The fourth-order valence-corrected chi connectivity index (χ4v) is 6.53. The molecule has 0 amide bonds. The molecule has 0 aromatic heterocycles. The third-order valence-electron chi connectivity index (χ3n) is 8.48. The van der Waals surface area contributed by atoms with Crippen molar-refractivity contribution in [3.63, 3.8) is 0 Å². The second kappa shape index (κ2) is 9.13. The number of fused-ring (bicyclic) bond motifs is 2. The van der Waals surface area contributed by atoms with Gasteiger partial charge in [0.1, 0.15) is 5.82 Å². The van der Waals surface area contributed by atoms with Crippen molar-refractivity contribution in [2.45, 2.75) is 89.4 Å². The molecule has 0 radical (unpaired) electrons. The fraction of sp³-hybridized carbons (Fsp3) is 0.731. The van der Waals surface area contributed by atoms with Gasteiger partial charge in [0.2, 0.25) is 5.79 Å². The smallest absolute Gasteiger partial charge is 0.305 e. The average Bonchev–Trinajstić information content (AvgIpc) is 3.06. The lowest BCUT2D eigenvalue weighted by Crippen LogP contribution is -2.70. The second-order valence-corrected chi connectivity index (χ2v) is 10.6. The molecule has 188 valence electrons. The van der Waals surface area contributed by atoms with Crippen LogP contribution in [0.25, 0.3) is 0 Å². The molecule has 5 aliphatic rings. The van der Waals surface area contributed by atoms with E-state index in [0.717, 1.165) is 31.2 Å². The lowest BCUT2D eigenvalue weighted by molar-refractivity contribution is -0.578. The minimum Gasteiger partial charge on any atom is -0.469 e. The predicted molar refractivity (Wildman–Crippen MR) is 118 cm³/mol. The van der Waals surface area contributed by atoms with E-state index < -0.39 is 30.1 Å². The Labute approximate surface area is 200 Å². The molecule has 5 fully saturated rings. The van der Waals surface area contributed by atoms with Gasteiger partial charge in [-0.15, -0.1) is 0 Å². The number of hydrogen-bond donors (Lipinski definition) is 0. The van der Waals surface area contributed by atoms with Gasteiger partial charge in [-0.2, -0.15) is 0 Å². The maximum Gasteiger partial charge on any atom is 0.305 e. The van der Waals surface area contributed by atoms with Gasteiger partial charge >= 0.3 is 5.97 Å². The van der Waals surface area contributed by atoms with Crippen molar-refractivity contribution in [1.29, 1.82) is 0 Å². The van der Waals surface area contributed by atoms with Crippen LogP contribution in [0.3, 0.4) is 0 Å². The highest BCUT2D eigenvalue weighted by Crippen LogP contribution is 2.60. The summed E-state index contributed by atoms with van der Waals surface area (Å²) in [6.45, 7) is 6.30. The molecular formula is C26H35FO7. The van der Waals surface area contributed by atoms with Crippen molar-refractivity contribution >= 4 is 5.97 Å². The Kier molecular flexibility index (Phi) is 6.48. The standard InChI is InChI=1S/C26H35FO7/c1-15-5-10-20-16(2)23(31-24-26(20)19(15)13-14-25(3,32-24)33-34-26)30-21(11-12-22(28)29-4)17-6-8-18(27)9-7-17/h6-9,15-16,19-21,23-24H,5,10-14H2,1-4H3/t15-,16-,19+,20?,21?,23-,24-,25?,26?/m1/s1. The summed E-state index contributed by atoms with van der Waals surface area (Å²) < 4.78 is 37.9. The van der Waals surface area contributed by atoms with E-state index in [1.54, 1.807) is 12.1 Å². The number of benzene rings is 1. The molecule has 1 aliphatic carbocycles. The lowest BCUT2D eigenvalue weighted by Gasteiger charge is -2.60. The third kappa shape index (κ3) is 4.07. The van der Waals surface area contributed by atoms with Gasteiger partial charge in [0.05, 0.1) is 13.2 Å². The quantitative estimate of drug-likeness (QED) is 0.419. The molecule has 6 rings (SSSR count). The first-order chi connectivity index (χ1) is 16.3. The molecule has 34 heavy (non-hydrogen) atoms. The van der Waals surface area contributed by atoms with Gasteiger partial charge in [-0.3, -0.25) is 4.79 Å². The van der Waals surface area contributed by atoms with E-state index in [1.807, 2.05) is 6.92 Å². The third-order valence-corrected chi connectivity index (χ3v) is 8.48. The molecule has 2 bridgehead atoms. The monoisotopic (exact) mass is 478 g/mol. The van der Waals surface area contributed by atoms with Gasteiger partial charge in [-0.05, 0) is 62.1 Å². The molecule has 7 nitrogen and oxygen atoms in total. The van der Waals surface area contributed by atoms with Crippen LogP contribution in [-0.4, -0.2) is 37.0 Å². The molecule has 1 spiro atoms. The lowest BCUT2D eigenvalue weighted by atomic mass is 9.58. The summed E-state index contributed by atoms with van der Waals surface area (Å²) in [6.07, 6.45) is 2.70. The van der Waals surface area contributed by atoms with Crippen molar-refractivity contribution < 1.29 is 37.9 Å². The molecule has 9 atom stereocenters. The van der Waals surface area contributed by atoms with Crippen molar-refractivity contribution in [1.82, 2.24) is 0 Å². The summed E-state index contributed by atoms with van der Waals surface area (Å²) in [5, 5.41) is 0. The van der Waals surface area contributed by atoms with Gasteiger partial charge in [-0.1, -0.05) is 26.0 Å². The van der Waals surface area contributed by atoms with Crippen molar-refractivity contribution in [3.8, 4) is 0 Å². The van der Waals surface area contributed by atoms with Crippen LogP contribution in [0.4, 0.5) is 4.39 Å². The van der Waals surface area contributed by atoms with Crippen LogP contribution < -0.4 is 0 Å². The normalized spacial score (nSPS) is 41.9. The number of carbonyl (C=O) groups is 1. The SMILES string of the molecule is COC(=O)CCC(O[C@@H]1O[C@@H]2OC3(C)CC[C@H]4[C@H](C)CCC([C@H]1C)C24OO3)c1ccc(F)cc1.